The third-order valence-electron chi connectivity index (χ3n) is 4.05. The van der Waals surface area contributed by atoms with Crippen LogP contribution in [0.1, 0.15) is 45.4 Å². The highest BCUT2D eigenvalue weighted by molar-refractivity contribution is 6.29. The van der Waals surface area contributed by atoms with Gasteiger partial charge in [0.15, 0.2) is 5.82 Å². The molecule has 0 aliphatic heterocycles. The fourth-order valence-corrected chi connectivity index (χ4v) is 2.79. The van der Waals surface area contributed by atoms with Crippen molar-refractivity contribution in [3.63, 3.8) is 0 Å². The third kappa shape index (κ3) is 4.45. The van der Waals surface area contributed by atoms with Gasteiger partial charge in [0.25, 0.3) is 0 Å². The van der Waals surface area contributed by atoms with Crippen molar-refractivity contribution < 1.29 is 9.47 Å². The molecule has 0 saturated heterocycles. The molecule has 0 aromatic carbocycles. The van der Waals surface area contributed by atoms with Crippen LogP contribution in [0.2, 0.25) is 5.15 Å². The Morgan fingerprint density at radius 1 is 1.29 bits per heavy atom. The Morgan fingerprint density at radius 2 is 2.12 bits per heavy atom. The Bertz CT molecular complexity index is 639. The van der Waals surface area contributed by atoms with Crippen LogP contribution in [-0.2, 0) is 11.5 Å². The van der Waals surface area contributed by atoms with Gasteiger partial charge in [-0.2, -0.15) is 9.67 Å². The molecule has 1 aliphatic carbocycles. The number of ether oxygens (including phenoxy) is 2. The molecule has 3 rings (SSSR count). The van der Waals surface area contributed by atoms with Crippen LogP contribution in [-0.4, -0.2) is 32.5 Å². The zero-order valence-corrected chi connectivity index (χ0v) is 14.7. The van der Waals surface area contributed by atoms with Crippen LogP contribution in [0.4, 0.5) is 0 Å². The predicted molar refractivity (Wildman–Crippen MR) is 92.0 cm³/mol. The number of pyridine rings is 1. The van der Waals surface area contributed by atoms with E-state index in [4.69, 9.17) is 21.1 Å². The molecule has 0 spiro atoms. The van der Waals surface area contributed by atoms with Crippen LogP contribution in [0.15, 0.2) is 18.3 Å². The zero-order chi connectivity index (χ0) is 16.8. The van der Waals surface area contributed by atoms with E-state index in [1.807, 2.05) is 6.07 Å². The topological polar surface area (TPSA) is 62.1 Å². The molecule has 0 N–H and O–H groups in total. The summed E-state index contributed by atoms with van der Waals surface area (Å²) < 4.78 is 13.4. The molecular formula is C17H23ClN4O2. The van der Waals surface area contributed by atoms with Gasteiger partial charge in [-0.3, -0.25) is 0 Å². The van der Waals surface area contributed by atoms with E-state index in [1.54, 1.807) is 16.9 Å². The molecule has 1 aliphatic rings. The monoisotopic (exact) mass is 350 g/mol. The molecular weight excluding hydrogens is 328 g/mol. The maximum atomic E-state index is 6.05. The van der Waals surface area contributed by atoms with Crippen LogP contribution in [0.5, 0.6) is 6.01 Å². The zero-order valence-electron chi connectivity index (χ0n) is 13.9. The molecule has 130 valence electrons. The number of rotatable bonds is 8. The van der Waals surface area contributed by atoms with Crippen molar-refractivity contribution in [2.24, 2.45) is 0 Å². The summed E-state index contributed by atoms with van der Waals surface area (Å²) in [6.07, 6.45) is 8.58. The standard InChI is InChI=1S/C17H23ClN4O2/c1-2-3-10-23-12-22-17(24-14-6-4-5-7-14)20-16(21-22)13-8-9-15(18)19-11-13/h8-9,11,14H,2-7,10,12H2,1H3. The molecule has 1 fully saturated rings. The second-order valence-electron chi connectivity index (χ2n) is 6.00. The fraction of sp³-hybridized carbons (Fsp3) is 0.588. The van der Waals surface area contributed by atoms with Gasteiger partial charge >= 0.3 is 6.01 Å². The SMILES string of the molecule is CCCCOCn1nc(-c2ccc(Cl)nc2)nc1OC1CCCC1. The lowest BCUT2D eigenvalue weighted by Crippen LogP contribution is -2.16. The van der Waals surface area contributed by atoms with Gasteiger partial charge in [-0.15, -0.1) is 5.10 Å². The molecule has 7 heteroatoms. The Balaban J connectivity index is 1.76. The Hall–Kier alpha value is -1.66. The Labute approximate surface area is 147 Å². The van der Waals surface area contributed by atoms with Gasteiger partial charge in [0.2, 0.25) is 0 Å². The third-order valence-corrected chi connectivity index (χ3v) is 4.28. The smallest absolute Gasteiger partial charge is 0.317 e. The summed E-state index contributed by atoms with van der Waals surface area (Å²) in [5.74, 6) is 0.575. The van der Waals surface area contributed by atoms with Crippen molar-refractivity contribution in [2.75, 3.05) is 6.61 Å². The van der Waals surface area contributed by atoms with Gasteiger partial charge in [-0.05, 0) is 44.2 Å². The normalized spacial score (nSPS) is 15.1. The van der Waals surface area contributed by atoms with E-state index < -0.39 is 0 Å². The van der Waals surface area contributed by atoms with E-state index in [-0.39, 0.29) is 6.10 Å². The molecule has 1 saturated carbocycles. The van der Waals surface area contributed by atoms with Crippen LogP contribution in [0.3, 0.4) is 0 Å². The van der Waals surface area contributed by atoms with Gasteiger partial charge in [-0.1, -0.05) is 24.9 Å². The number of nitrogens with zero attached hydrogens (tertiary/aromatic N) is 4. The highest BCUT2D eigenvalue weighted by atomic mass is 35.5. The summed E-state index contributed by atoms with van der Waals surface area (Å²) in [6.45, 7) is 3.19. The van der Waals surface area contributed by atoms with Crippen LogP contribution in [0, 0.1) is 0 Å². The molecule has 0 atom stereocenters. The minimum absolute atomic E-state index is 0.222. The van der Waals surface area contributed by atoms with Gasteiger partial charge in [0.1, 0.15) is 18.0 Å². The van der Waals surface area contributed by atoms with E-state index in [1.165, 1.54) is 12.8 Å². The molecule has 2 aromatic heterocycles. The maximum Gasteiger partial charge on any atom is 0.317 e. The average molecular weight is 351 g/mol. The molecule has 0 amide bonds. The maximum absolute atomic E-state index is 6.05. The lowest BCUT2D eigenvalue weighted by atomic mass is 10.3. The number of hydrogen-bond acceptors (Lipinski definition) is 5. The van der Waals surface area contributed by atoms with E-state index in [0.29, 0.717) is 30.3 Å². The van der Waals surface area contributed by atoms with Crippen molar-refractivity contribution in [2.45, 2.75) is 58.3 Å². The molecule has 6 nitrogen and oxygen atoms in total. The van der Waals surface area contributed by atoms with E-state index >= 15 is 0 Å². The molecule has 2 heterocycles. The minimum Gasteiger partial charge on any atom is -0.460 e. The van der Waals surface area contributed by atoms with Gasteiger partial charge in [-0.25, -0.2) is 4.98 Å². The summed E-state index contributed by atoms with van der Waals surface area (Å²) in [4.78, 5) is 8.63. The number of unbranched alkanes of at least 4 members (excludes halogenated alkanes) is 1. The quantitative estimate of drug-likeness (QED) is 0.530. The van der Waals surface area contributed by atoms with Crippen molar-refractivity contribution in [3.8, 4) is 17.4 Å². The van der Waals surface area contributed by atoms with Crippen molar-refractivity contribution >= 4 is 11.6 Å². The summed E-state index contributed by atoms with van der Waals surface area (Å²) >= 11 is 5.85. The summed E-state index contributed by atoms with van der Waals surface area (Å²) in [5.41, 5.74) is 0.808. The predicted octanol–water partition coefficient (Wildman–Crippen LogP) is 4.09. The summed E-state index contributed by atoms with van der Waals surface area (Å²) in [6, 6.07) is 4.10. The lowest BCUT2D eigenvalue weighted by molar-refractivity contribution is 0.0541. The average Bonchev–Trinajstić information content (AvgIpc) is 3.23. The van der Waals surface area contributed by atoms with E-state index in [2.05, 4.69) is 22.0 Å². The Kier molecular flexibility index (Phi) is 6.04. The summed E-state index contributed by atoms with van der Waals surface area (Å²) in [5, 5.41) is 4.97. The van der Waals surface area contributed by atoms with E-state index in [9.17, 15) is 0 Å². The van der Waals surface area contributed by atoms with Gasteiger partial charge < -0.3 is 9.47 Å². The largest absolute Gasteiger partial charge is 0.460 e. The second kappa shape index (κ2) is 8.44. The van der Waals surface area contributed by atoms with Crippen molar-refractivity contribution in [1.29, 1.82) is 0 Å². The highest BCUT2D eigenvalue weighted by Crippen LogP contribution is 2.25. The van der Waals surface area contributed by atoms with Crippen molar-refractivity contribution in [1.82, 2.24) is 19.7 Å². The van der Waals surface area contributed by atoms with Crippen molar-refractivity contribution in [3.05, 3.63) is 23.5 Å². The molecule has 0 radical (unpaired) electrons. The molecule has 0 unspecified atom stereocenters. The first-order valence-electron chi connectivity index (χ1n) is 8.57. The van der Waals surface area contributed by atoms with Gasteiger partial charge in [0, 0.05) is 18.4 Å². The lowest BCUT2D eigenvalue weighted by Gasteiger charge is -2.12. The first-order chi connectivity index (χ1) is 11.8. The van der Waals surface area contributed by atoms with E-state index in [0.717, 1.165) is 31.2 Å². The van der Waals surface area contributed by atoms with Gasteiger partial charge in [0.05, 0.1) is 0 Å². The number of hydrogen-bond donors (Lipinski definition) is 0. The Morgan fingerprint density at radius 3 is 2.83 bits per heavy atom. The fourth-order valence-electron chi connectivity index (χ4n) is 2.68. The first kappa shape index (κ1) is 17.2. The molecule has 24 heavy (non-hydrogen) atoms. The van der Waals surface area contributed by atoms with Crippen LogP contribution < -0.4 is 4.74 Å². The van der Waals surface area contributed by atoms with Crippen LogP contribution >= 0.6 is 11.6 Å². The number of aromatic nitrogens is 4. The highest BCUT2D eigenvalue weighted by Gasteiger charge is 2.21. The molecule has 0 bridgehead atoms. The minimum atomic E-state index is 0.222. The first-order valence-corrected chi connectivity index (χ1v) is 8.95. The summed E-state index contributed by atoms with van der Waals surface area (Å²) in [7, 11) is 0. The van der Waals surface area contributed by atoms with Crippen LogP contribution in [0.25, 0.3) is 11.4 Å². The molecule has 2 aromatic rings. The second-order valence-corrected chi connectivity index (χ2v) is 6.39. The number of halogens is 1.